The number of carbonyl (C=O) groups is 1. The van der Waals surface area contributed by atoms with Gasteiger partial charge in [0.15, 0.2) is 0 Å². The Labute approximate surface area is 265 Å². The molecule has 4 aliphatic rings. The molecule has 1 spiro atoms. The third-order valence-electron chi connectivity index (χ3n) is 10.3. The largest absolute Gasteiger partial charge is 0.475 e. The van der Waals surface area contributed by atoms with Gasteiger partial charge in [0.05, 0.1) is 17.2 Å². The van der Waals surface area contributed by atoms with Crippen molar-refractivity contribution in [3.63, 3.8) is 0 Å². The van der Waals surface area contributed by atoms with Gasteiger partial charge in [-0.3, -0.25) is 9.52 Å². The van der Waals surface area contributed by atoms with Crippen molar-refractivity contribution in [1.82, 2.24) is 20.2 Å². The number of aryl methyl sites for hydroxylation is 2. The van der Waals surface area contributed by atoms with E-state index in [-0.39, 0.29) is 49.1 Å². The molecule has 3 heterocycles. The number of alkyl halides is 3. The molecule has 7 nitrogen and oxygen atoms in total. The lowest BCUT2D eigenvalue weighted by Gasteiger charge is -2.55. The Morgan fingerprint density at radius 2 is 1.71 bits per heavy atom. The van der Waals surface area contributed by atoms with E-state index in [1.165, 1.54) is 11.9 Å². The number of nitrogens with one attached hydrogen (secondary N) is 2. The Hall–Kier alpha value is -3.31. The highest BCUT2D eigenvalue weighted by molar-refractivity contribution is 8.00. The van der Waals surface area contributed by atoms with Crippen LogP contribution in [-0.4, -0.2) is 58.7 Å². The molecule has 3 fully saturated rings. The maximum atomic E-state index is 14.4. The van der Waals surface area contributed by atoms with Crippen molar-refractivity contribution >= 4 is 23.8 Å². The summed E-state index contributed by atoms with van der Waals surface area (Å²) in [5.41, 5.74) is 2.47. The summed E-state index contributed by atoms with van der Waals surface area (Å²) < 4.78 is 52.8. The number of carbonyl (C=O) groups excluding carboxylic acids is 1. The molecule has 3 aromatic rings. The van der Waals surface area contributed by atoms with Crippen LogP contribution in [0.5, 0.6) is 5.88 Å². The van der Waals surface area contributed by atoms with E-state index >= 15 is 0 Å². The second-order valence-electron chi connectivity index (χ2n) is 13.4. The van der Waals surface area contributed by atoms with Gasteiger partial charge in [-0.1, -0.05) is 24.3 Å². The lowest BCUT2D eigenvalue weighted by molar-refractivity contribution is -0.194. The Morgan fingerprint density at radius 3 is 2.40 bits per heavy atom. The van der Waals surface area contributed by atoms with Gasteiger partial charge in [0.1, 0.15) is 6.61 Å². The number of fused-ring (bicyclic) bond motifs is 4. The zero-order valence-corrected chi connectivity index (χ0v) is 26.4. The summed E-state index contributed by atoms with van der Waals surface area (Å²) in [6.07, 6.45) is -0.790. The molecule has 2 aliphatic carbocycles. The summed E-state index contributed by atoms with van der Waals surface area (Å²) in [5, 5.41) is 3.41. The van der Waals surface area contributed by atoms with Gasteiger partial charge in [0.2, 0.25) is 11.8 Å². The third kappa shape index (κ3) is 5.89. The number of anilines is 1. The van der Waals surface area contributed by atoms with Gasteiger partial charge < -0.3 is 15.0 Å². The first-order valence-electron chi connectivity index (χ1n) is 15.8. The summed E-state index contributed by atoms with van der Waals surface area (Å²) in [6.45, 7) is 5.79. The molecule has 2 aliphatic heterocycles. The number of amides is 1. The minimum Gasteiger partial charge on any atom is -0.475 e. The topological polar surface area (TPSA) is 79.4 Å². The van der Waals surface area contributed by atoms with Crippen LogP contribution in [0.3, 0.4) is 0 Å². The Balaban J connectivity index is 1.30. The lowest BCUT2D eigenvalue weighted by atomic mass is 9.60. The summed E-state index contributed by atoms with van der Waals surface area (Å²) >= 11 is 1.28. The number of hydrogen-bond acceptors (Lipinski definition) is 7. The molecule has 0 radical (unpaired) electrons. The molecular formula is C34H38F3N5O2S. The highest BCUT2D eigenvalue weighted by atomic mass is 32.2. The summed E-state index contributed by atoms with van der Waals surface area (Å²) in [7, 11) is 0. The van der Waals surface area contributed by atoms with E-state index in [0.29, 0.717) is 17.2 Å². The number of benzene rings is 2. The molecule has 1 unspecified atom stereocenters. The number of aromatic nitrogens is 2. The molecule has 7 rings (SSSR count). The first-order chi connectivity index (χ1) is 21.5. The van der Waals surface area contributed by atoms with E-state index in [2.05, 4.69) is 15.0 Å². The van der Waals surface area contributed by atoms with Crippen LogP contribution in [0.1, 0.15) is 66.4 Å². The summed E-state index contributed by atoms with van der Waals surface area (Å²) in [6, 6.07) is 14.1. The molecule has 1 aromatic heterocycles. The molecule has 1 saturated heterocycles. The van der Waals surface area contributed by atoms with Crippen LogP contribution < -0.4 is 14.8 Å². The quantitative estimate of drug-likeness (QED) is 0.290. The van der Waals surface area contributed by atoms with Crippen LogP contribution >= 0.6 is 11.9 Å². The first kappa shape index (κ1) is 30.3. The highest BCUT2D eigenvalue weighted by Crippen LogP contribution is 2.61. The van der Waals surface area contributed by atoms with E-state index in [1.54, 1.807) is 23.1 Å². The number of ether oxygens (including phenoxy) is 1. The minimum atomic E-state index is -4.35. The Morgan fingerprint density at radius 1 is 1.00 bits per heavy atom. The van der Waals surface area contributed by atoms with Gasteiger partial charge in [-0.05, 0) is 119 Å². The van der Waals surface area contributed by atoms with Crippen LogP contribution in [0, 0.1) is 24.7 Å². The minimum absolute atomic E-state index is 0.0692. The van der Waals surface area contributed by atoms with E-state index < -0.39 is 17.6 Å². The fourth-order valence-corrected chi connectivity index (χ4v) is 8.23. The molecular weight excluding hydrogens is 599 g/mol. The van der Waals surface area contributed by atoms with Crippen molar-refractivity contribution in [1.29, 1.82) is 0 Å². The van der Waals surface area contributed by atoms with Crippen molar-refractivity contribution in [3.05, 3.63) is 65.2 Å². The average molecular weight is 638 g/mol. The number of rotatable bonds is 4. The predicted molar refractivity (Wildman–Crippen MR) is 168 cm³/mol. The number of halogens is 3. The molecule has 2 N–H and O–H groups in total. The molecule has 1 atom stereocenters. The molecule has 238 valence electrons. The van der Waals surface area contributed by atoms with E-state index in [0.717, 1.165) is 60.4 Å². The van der Waals surface area contributed by atoms with Crippen LogP contribution in [0.4, 0.5) is 19.1 Å². The van der Waals surface area contributed by atoms with E-state index in [1.807, 2.05) is 44.2 Å². The van der Waals surface area contributed by atoms with E-state index in [9.17, 15) is 18.0 Å². The zero-order valence-electron chi connectivity index (χ0n) is 25.5. The fourth-order valence-electron chi connectivity index (χ4n) is 7.59. The highest BCUT2D eigenvalue weighted by Gasteiger charge is 2.64. The second kappa shape index (κ2) is 11.5. The van der Waals surface area contributed by atoms with Gasteiger partial charge in [0, 0.05) is 28.1 Å². The summed E-state index contributed by atoms with van der Waals surface area (Å²) in [4.78, 5) is 26.3. The van der Waals surface area contributed by atoms with Crippen LogP contribution in [-0.2, 0) is 0 Å². The Bertz CT molecular complexity index is 1580. The normalized spacial score (nSPS) is 22.7. The molecule has 11 heteroatoms. The van der Waals surface area contributed by atoms with Gasteiger partial charge in [-0.25, -0.2) is 4.98 Å². The smallest absolute Gasteiger partial charge is 0.394 e. The maximum absolute atomic E-state index is 14.4. The van der Waals surface area contributed by atoms with Gasteiger partial charge >= 0.3 is 6.18 Å². The third-order valence-corrected chi connectivity index (χ3v) is 11.1. The molecule has 4 bridgehead atoms. The second-order valence-corrected chi connectivity index (χ2v) is 14.3. The number of nitrogens with zero attached hydrogens (tertiary/aromatic N) is 3. The zero-order chi connectivity index (χ0) is 31.4. The van der Waals surface area contributed by atoms with Crippen molar-refractivity contribution in [2.75, 3.05) is 24.4 Å². The first-order valence-corrected chi connectivity index (χ1v) is 16.6. The van der Waals surface area contributed by atoms with Crippen LogP contribution in [0.25, 0.3) is 11.3 Å². The number of hydrogen-bond donors (Lipinski definition) is 2. The number of piperidine rings is 1. The van der Waals surface area contributed by atoms with Gasteiger partial charge in [0.25, 0.3) is 5.91 Å². The van der Waals surface area contributed by atoms with E-state index in [4.69, 9.17) is 9.72 Å². The van der Waals surface area contributed by atoms with Gasteiger partial charge in [-0.2, -0.15) is 18.2 Å². The predicted octanol–water partition coefficient (Wildman–Crippen LogP) is 7.35. The van der Waals surface area contributed by atoms with Crippen molar-refractivity contribution < 1.29 is 22.7 Å². The average Bonchev–Trinajstić information content (AvgIpc) is 3.79. The van der Waals surface area contributed by atoms with Crippen molar-refractivity contribution in [2.45, 2.75) is 81.9 Å². The van der Waals surface area contributed by atoms with Crippen LogP contribution in [0.2, 0.25) is 0 Å². The maximum Gasteiger partial charge on any atom is 0.394 e. The molecule has 2 saturated carbocycles. The molecule has 45 heavy (non-hydrogen) atoms. The summed E-state index contributed by atoms with van der Waals surface area (Å²) in [5.74, 6) is 0.334. The lowest BCUT2D eigenvalue weighted by Crippen LogP contribution is -2.60. The van der Waals surface area contributed by atoms with Crippen molar-refractivity contribution in [2.24, 2.45) is 10.8 Å². The molecule has 1 amide bonds. The van der Waals surface area contributed by atoms with Gasteiger partial charge in [-0.15, -0.1) is 0 Å². The fraction of sp³-hybridized carbons (Fsp3) is 0.500. The Kier molecular flexibility index (Phi) is 7.75. The molecule has 2 aromatic carbocycles. The SMILES string of the molecule is Cc1cccc(C)c1-c1cc2nc(n1)NSc1cccc(c1)C(=O)N(C1CC3(CCNCC3)C1)C(CC1(C(F)(F)F)CC1)CO2. The standard InChI is InChI=1S/C34H38F3N5O2S/c1-21-5-3-6-22(2)29(21)27-16-28-40-31(39-27)41-45-26-8-4-7-23(15-26)30(43)42(24-17-32(18-24)11-13-38-14-12-32)25(20-44-28)19-33(9-10-33)34(35,36)37/h3-8,15-16,24-25,38H,9-14,17-20H2,1-2H3,(H,39,40,41). The monoisotopic (exact) mass is 637 g/mol. The van der Waals surface area contributed by atoms with Crippen molar-refractivity contribution in [3.8, 4) is 17.1 Å². The van der Waals surface area contributed by atoms with Crippen LogP contribution in [0.15, 0.2) is 53.4 Å².